The fourth-order valence-electron chi connectivity index (χ4n) is 4.48. The largest absolute Gasteiger partial charge is 0.321 e. The van der Waals surface area contributed by atoms with Crippen molar-refractivity contribution in [3.8, 4) is 0 Å². The number of halogens is 1. The average Bonchev–Trinajstić information content (AvgIpc) is 2.81. The van der Waals surface area contributed by atoms with Crippen molar-refractivity contribution in [1.82, 2.24) is 10.2 Å². The molecule has 0 saturated carbocycles. The molecule has 0 aromatic heterocycles. The van der Waals surface area contributed by atoms with Crippen LogP contribution in [0.1, 0.15) is 22.6 Å². The maximum atomic E-state index is 13.1. The molecule has 0 radical (unpaired) electrons. The first-order chi connectivity index (χ1) is 15.2. The van der Waals surface area contributed by atoms with Crippen LogP contribution in [0, 0.1) is 5.82 Å². The first-order valence-corrected chi connectivity index (χ1v) is 10.6. The van der Waals surface area contributed by atoms with Gasteiger partial charge in [0.2, 0.25) is 0 Å². The lowest BCUT2D eigenvalue weighted by atomic mass is 9.74. The van der Waals surface area contributed by atoms with Crippen molar-refractivity contribution >= 4 is 23.9 Å². The Labute approximate surface area is 181 Å². The molecule has 3 fully saturated rings. The lowest BCUT2D eigenvalue weighted by Gasteiger charge is -2.54. The fraction of sp³-hybridized carbons (Fsp3) is 0.192. The quantitative estimate of drug-likeness (QED) is 0.594. The van der Waals surface area contributed by atoms with Crippen LogP contribution < -0.4 is 10.6 Å². The second-order valence-electron chi connectivity index (χ2n) is 8.16. The first kappa shape index (κ1) is 19.5. The monoisotopic (exact) mass is 413 g/mol. The van der Waals surface area contributed by atoms with Crippen LogP contribution >= 0.6 is 0 Å². The van der Waals surface area contributed by atoms with Gasteiger partial charge in [-0.2, -0.15) is 0 Å². The first-order valence-electron chi connectivity index (χ1n) is 10.6. The third-order valence-electron chi connectivity index (χ3n) is 6.10. The maximum absolute atomic E-state index is 13.1. The van der Waals surface area contributed by atoms with Gasteiger partial charge in [0.15, 0.2) is 0 Å². The van der Waals surface area contributed by atoms with Crippen LogP contribution in [-0.2, 0) is 0 Å². The number of nitrogens with one attached hydrogen (secondary N) is 2. The summed E-state index contributed by atoms with van der Waals surface area (Å²) < 4.78 is 13.1. The summed E-state index contributed by atoms with van der Waals surface area (Å²) in [7, 11) is 0. The van der Waals surface area contributed by atoms with E-state index in [9.17, 15) is 9.18 Å². The molecule has 0 spiro atoms. The van der Waals surface area contributed by atoms with Gasteiger partial charge in [0.05, 0.1) is 0 Å². The van der Waals surface area contributed by atoms with Gasteiger partial charge in [-0.3, -0.25) is 0 Å². The second-order valence-corrected chi connectivity index (χ2v) is 8.16. The predicted octanol–water partition coefficient (Wildman–Crippen LogP) is 4.97. The number of amides is 2. The molecule has 1 unspecified atom stereocenters. The lowest BCUT2D eigenvalue weighted by Crippen LogP contribution is -2.72. The molecule has 3 aromatic rings. The Balaban J connectivity index is 1.19. The van der Waals surface area contributed by atoms with E-state index >= 15 is 0 Å². The summed E-state index contributed by atoms with van der Waals surface area (Å²) >= 11 is 0. The number of carbonyl (C=O) groups is 1. The van der Waals surface area contributed by atoms with Gasteiger partial charge in [-0.15, -0.1) is 0 Å². The van der Waals surface area contributed by atoms with Crippen molar-refractivity contribution in [3.05, 3.63) is 101 Å². The number of piperidine rings is 1. The van der Waals surface area contributed by atoms with Crippen LogP contribution in [0.5, 0.6) is 0 Å². The highest BCUT2D eigenvalue weighted by molar-refractivity contribution is 5.89. The van der Waals surface area contributed by atoms with E-state index in [1.54, 1.807) is 12.1 Å². The molecule has 2 bridgehead atoms. The van der Waals surface area contributed by atoms with E-state index < -0.39 is 0 Å². The number of nitrogens with zero attached hydrogens (tertiary/aromatic N) is 1. The zero-order valence-electron chi connectivity index (χ0n) is 17.0. The molecule has 3 heterocycles. The third-order valence-corrected chi connectivity index (χ3v) is 6.10. The molecule has 2 amide bonds. The van der Waals surface area contributed by atoms with Gasteiger partial charge in [0.1, 0.15) is 5.82 Å². The molecule has 31 heavy (non-hydrogen) atoms. The smallest absolute Gasteiger partial charge is 0.321 e. The van der Waals surface area contributed by atoms with E-state index in [0.29, 0.717) is 24.7 Å². The minimum absolute atomic E-state index is 0.136. The Hall–Kier alpha value is -3.44. The van der Waals surface area contributed by atoms with Gasteiger partial charge in [0, 0.05) is 36.8 Å². The van der Waals surface area contributed by atoms with Gasteiger partial charge in [-0.25, -0.2) is 9.18 Å². The van der Waals surface area contributed by atoms with E-state index in [-0.39, 0.29) is 23.9 Å². The minimum Gasteiger partial charge on any atom is -0.321 e. The molecule has 3 aromatic carbocycles. The minimum atomic E-state index is -0.314. The molecule has 0 aliphatic carbocycles. The average molecular weight is 413 g/mol. The van der Waals surface area contributed by atoms with Crippen molar-refractivity contribution < 1.29 is 9.18 Å². The van der Waals surface area contributed by atoms with E-state index in [4.69, 9.17) is 0 Å². The third kappa shape index (κ3) is 4.23. The Morgan fingerprint density at radius 2 is 1.48 bits per heavy atom. The molecular formula is C26H24FN3O. The lowest BCUT2D eigenvalue weighted by molar-refractivity contribution is 0.0759. The SMILES string of the molecule is O=C(Nc1ccc(F)cc1)N1C[C@@H]2N[C@H](C1)C2c1ccc(C=Cc2ccccc2)cc1. The van der Waals surface area contributed by atoms with Crippen molar-refractivity contribution in [2.45, 2.75) is 18.0 Å². The van der Waals surface area contributed by atoms with Crippen LogP contribution in [0.2, 0.25) is 0 Å². The maximum Gasteiger partial charge on any atom is 0.321 e. The summed E-state index contributed by atoms with van der Waals surface area (Å²) in [5.74, 6) is 0.104. The molecule has 4 nitrogen and oxygen atoms in total. The summed E-state index contributed by atoms with van der Waals surface area (Å²) in [5.41, 5.74) is 4.27. The number of carbonyl (C=O) groups excluding carboxylic acids is 1. The standard InChI is InChI=1S/C26H24FN3O/c27-21-12-14-22(15-13-21)28-26(31)30-16-23-25(24(17-30)29-23)20-10-8-19(9-11-20)7-6-18-4-2-1-3-5-18/h1-15,23-25,29H,16-17H2,(H,28,31)/t23-,24+,25?. The van der Waals surface area contributed by atoms with Crippen molar-refractivity contribution in [2.75, 3.05) is 18.4 Å². The molecule has 3 saturated heterocycles. The summed E-state index contributed by atoms with van der Waals surface area (Å²) in [6.45, 7) is 1.31. The Morgan fingerprint density at radius 3 is 2.13 bits per heavy atom. The van der Waals surface area contributed by atoms with Gasteiger partial charge >= 0.3 is 6.03 Å². The number of piperazine rings is 1. The summed E-state index contributed by atoms with van der Waals surface area (Å²) in [6.07, 6.45) is 4.24. The Morgan fingerprint density at radius 1 is 0.871 bits per heavy atom. The predicted molar refractivity (Wildman–Crippen MR) is 122 cm³/mol. The fourth-order valence-corrected chi connectivity index (χ4v) is 4.48. The van der Waals surface area contributed by atoms with E-state index in [1.807, 2.05) is 23.1 Å². The number of rotatable bonds is 4. The van der Waals surface area contributed by atoms with Gasteiger partial charge < -0.3 is 15.5 Å². The zero-order valence-corrected chi connectivity index (χ0v) is 17.0. The van der Waals surface area contributed by atoms with Crippen LogP contribution in [0.3, 0.4) is 0 Å². The van der Waals surface area contributed by atoms with Crippen molar-refractivity contribution in [1.29, 1.82) is 0 Å². The molecule has 2 N–H and O–H groups in total. The number of hydrogen-bond donors (Lipinski definition) is 2. The van der Waals surface area contributed by atoms with Gasteiger partial charge in [-0.05, 0) is 41.0 Å². The molecule has 3 atom stereocenters. The molecule has 3 aliphatic heterocycles. The zero-order chi connectivity index (χ0) is 21.2. The van der Waals surface area contributed by atoms with Gasteiger partial charge in [0.25, 0.3) is 0 Å². The van der Waals surface area contributed by atoms with E-state index in [1.165, 1.54) is 28.8 Å². The highest BCUT2D eigenvalue weighted by Crippen LogP contribution is 2.37. The summed E-state index contributed by atoms with van der Waals surface area (Å²) in [6, 6.07) is 25.2. The number of benzene rings is 3. The van der Waals surface area contributed by atoms with Gasteiger partial charge in [-0.1, -0.05) is 66.7 Å². The summed E-state index contributed by atoms with van der Waals surface area (Å²) in [5, 5.41) is 6.41. The molecular weight excluding hydrogens is 389 g/mol. The van der Waals surface area contributed by atoms with Crippen LogP contribution in [-0.4, -0.2) is 36.1 Å². The number of urea groups is 1. The van der Waals surface area contributed by atoms with Crippen LogP contribution in [0.4, 0.5) is 14.9 Å². The number of fused-ring (bicyclic) bond motifs is 2. The Bertz CT molecular complexity index is 1070. The highest BCUT2D eigenvalue weighted by Gasteiger charge is 2.48. The van der Waals surface area contributed by atoms with Crippen molar-refractivity contribution in [3.63, 3.8) is 0 Å². The number of hydrogen-bond acceptors (Lipinski definition) is 2. The van der Waals surface area contributed by atoms with E-state index in [0.717, 1.165) is 0 Å². The van der Waals surface area contributed by atoms with E-state index in [2.05, 4.69) is 59.2 Å². The van der Waals surface area contributed by atoms with Crippen LogP contribution in [0.25, 0.3) is 12.2 Å². The molecule has 5 heteroatoms. The number of anilines is 1. The molecule has 6 rings (SSSR count). The van der Waals surface area contributed by atoms with Crippen LogP contribution in [0.15, 0.2) is 78.9 Å². The second kappa shape index (κ2) is 8.36. The topological polar surface area (TPSA) is 44.4 Å². The van der Waals surface area contributed by atoms with Crippen molar-refractivity contribution in [2.24, 2.45) is 0 Å². The Kier molecular flexibility index (Phi) is 5.26. The molecule has 3 aliphatic rings. The molecule has 156 valence electrons. The highest BCUT2D eigenvalue weighted by atomic mass is 19.1. The normalized spacial score (nSPS) is 22.2. The summed E-state index contributed by atoms with van der Waals surface area (Å²) in [4.78, 5) is 14.4.